The van der Waals surface area contributed by atoms with Gasteiger partial charge >= 0.3 is 0 Å². The molecule has 6 heteroatoms. The first kappa shape index (κ1) is 14.0. The first-order valence-corrected chi connectivity index (χ1v) is 5.32. The van der Waals surface area contributed by atoms with Crippen LogP contribution in [0.1, 0.15) is 24.9 Å². The van der Waals surface area contributed by atoms with E-state index in [4.69, 9.17) is 10.5 Å². The SMILES string of the molecule is C=C(C)C[C@H](N)c1cc([N+](=O)[O-])cc(OC)c1O. The van der Waals surface area contributed by atoms with Crippen LogP contribution in [0.15, 0.2) is 24.3 Å². The monoisotopic (exact) mass is 252 g/mol. The second-order valence-electron chi connectivity index (χ2n) is 4.11. The van der Waals surface area contributed by atoms with Crippen LogP contribution in [-0.4, -0.2) is 17.1 Å². The zero-order valence-electron chi connectivity index (χ0n) is 10.3. The fraction of sp³-hybridized carbons (Fsp3) is 0.333. The number of nitro groups is 1. The summed E-state index contributed by atoms with van der Waals surface area (Å²) in [4.78, 5) is 10.2. The predicted molar refractivity (Wildman–Crippen MR) is 67.7 cm³/mol. The lowest BCUT2D eigenvalue weighted by Crippen LogP contribution is -2.11. The quantitative estimate of drug-likeness (QED) is 0.476. The predicted octanol–water partition coefficient (Wildman–Crippen LogP) is 2.28. The van der Waals surface area contributed by atoms with E-state index in [9.17, 15) is 15.2 Å². The number of nitro benzene ring substituents is 1. The third-order valence-electron chi connectivity index (χ3n) is 2.49. The Morgan fingerprint density at radius 1 is 1.67 bits per heavy atom. The van der Waals surface area contributed by atoms with Gasteiger partial charge < -0.3 is 15.6 Å². The van der Waals surface area contributed by atoms with Crippen LogP contribution in [-0.2, 0) is 0 Å². The maximum atomic E-state index is 10.8. The highest BCUT2D eigenvalue weighted by Gasteiger charge is 2.20. The van der Waals surface area contributed by atoms with E-state index < -0.39 is 11.0 Å². The standard InChI is InChI=1S/C12H16N2O4/c1-7(2)4-10(13)9-5-8(14(16)17)6-11(18-3)12(9)15/h5-6,10,15H,1,4,13H2,2-3H3/t10-/m0/s1. The maximum Gasteiger partial charge on any atom is 0.273 e. The molecule has 0 saturated heterocycles. The van der Waals surface area contributed by atoms with E-state index in [1.807, 2.05) is 0 Å². The molecule has 0 bridgehead atoms. The molecule has 1 atom stereocenters. The molecule has 0 aromatic heterocycles. The summed E-state index contributed by atoms with van der Waals surface area (Å²) < 4.78 is 4.90. The topological polar surface area (TPSA) is 98.6 Å². The van der Waals surface area contributed by atoms with Crippen molar-refractivity contribution in [3.8, 4) is 11.5 Å². The average Bonchev–Trinajstić information content (AvgIpc) is 2.27. The number of rotatable bonds is 5. The molecular weight excluding hydrogens is 236 g/mol. The van der Waals surface area contributed by atoms with Gasteiger partial charge in [-0.05, 0) is 13.3 Å². The van der Waals surface area contributed by atoms with Gasteiger partial charge in [0.25, 0.3) is 5.69 Å². The summed E-state index contributed by atoms with van der Waals surface area (Å²) >= 11 is 0. The smallest absolute Gasteiger partial charge is 0.273 e. The minimum atomic E-state index is -0.559. The van der Waals surface area contributed by atoms with Gasteiger partial charge in [0, 0.05) is 17.7 Å². The van der Waals surface area contributed by atoms with E-state index in [2.05, 4.69) is 6.58 Å². The molecule has 0 saturated carbocycles. The molecule has 0 aliphatic carbocycles. The zero-order valence-corrected chi connectivity index (χ0v) is 10.3. The van der Waals surface area contributed by atoms with Crippen LogP contribution < -0.4 is 10.5 Å². The van der Waals surface area contributed by atoms with E-state index in [1.165, 1.54) is 13.2 Å². The fourth-order valence-corrected chi connectivity index (χ4v) is 1.64. The molecule has 98 valence electrons. The van der Waals surface area contributed by atoms with Crippen molar-refractivity contribution in [3.63, 3.8) is 0 Å². The van der Waals surface area contributed by atoms with Crippen molar-refractivity contribution in [2.24, 2.45) is 5.73 Å². The fourth-order valence-electron chi connectivity index (χ4n) is 1.64. The van der Waals surface area contributed by atoms with Gasteiger partial charge in [0.15, 0.2) is 11.5 Å². The van der Waals surface area contributed by atoms with Crippen molar-refractivity contribution < 1.29 is 14.8 Å². The Labute approximate surface area is 105 Å². The third kappa shape index (κ3) is 2.98. The molecule has 0 aliphatic rings. The first-order chi connectivity index (χ1) is 8.36. The number of ether oxygens (including phenoxy) is 1. The molecule has 3 N–H and O–H groups in total. The molecule has 0 spiro atoms. The van der Waals surface area contributed by atoms with E-state index in [0.717, 1.165) is 11.6 Å². The van der Waals surface area contributed by atoms with Crippen molar-refractivity contribution >= 4 is 5.69 Å². The second-order valence-corrected chi connectivity index (χ2v) is 4.11. The Hall–Kier alpha value is -2.08. The lowest BCUT2D eigenvalue weighted by atomic mass is 9.99. The Balaban J connectivity index is 3.28. The van der Waals surface area contributed by atoms with Crippen molar-refractivity contribution in [2.75, 3.05) is 7.11 Å². The first-order valence-electron chi connectivity index (χ1n) is 5.32. The summed E-state index contributed by atoms with van der Waals surface area (Å²) in [5.41, 5.74) is 6.83. The number of benzene rings is 1. The molecule has 0 aliphatic heterocycles. The number of hydrogen-bond acceptors (Lipinski definition) is 5. The minimum Gasteiger partial charge on any atom is -0.504 e. The number of aromatic hydroxyl groups is 1. The minimum absolute atomic E-state index is 0.0383. The molecule has 0 unspecified atom stereocenters. The summed E-state index contributed by atoms with van der Waals surface area (Å²) in [6.45, 7) is 5.52. The number of nitrogens with zero attached hydrogens (tertiary/aromatic N) is 1. The molecule has 18 heavy (non-hydrogen) atoms. The van der Waals surface area contributed by atoms with Crippen LogP contribution >= 0.6 is 0 Å². The zero-order chi connectivity index (χ0) is 13.9. The Kier molecular flexibility index (Phi) is 4.28. The van der Waals surface area contributed by atoms with Crippen LogP contribution in [0, 0.1) is 10.1 Å². The van der Waals surface area contributed by atoms with Gasteiger partial charge in [0.05, 0.1) is 18.1 Å². The van der Waals surface area contributed by atoms with Gasteiger partial charge in [-0.3, -0.25) is 10.1 Å². The van der Waals surface area contributed by atoms with Gasteiger partial charge in [-0.25, -0.2) is 0 Å². The molecule has 1 aromatic rings. The Bertz CT molecular complexity index is 485. The lowest BCUT2D eigenvalue weighted by molar-refractivity contribution is -0.385. The van der Waals surface area contributed by atoms with E-state index in [1.54, 1.807) is 6.92 Å². The molecular formula is C12H16N2O4. The van der Waals surface area contributed by atoms with Gasteiger partial charge in [0.2, 0.25) is 0 Å². The van der Waals surface area contributed by atoms with Crippen molar-refractivity contribution in [2.45, 2.75) is 19.4 Å². The molecule has 0 fully saturated rings. The van der Waals surface area contributed by atoms with Crippen LogP contribution in [0.2, 0.25) is 0 Å². The van der Waals surface area contributed by atoms with Crippen LogP contribution in [0.5, 0.6) is 11.5 Å². The summed E-state index contributed by atoms with van der Waals surface area (Å²) in [6, 6.07) is 1.86. The van der Waals surface area contributed by atoms with Gasteiger partial charge in [0.1, 0.15) is 0 Å². The number of non-ortho nitro benzene ring substituents is 1. The summed E-state index contributed by atoms with van der Waals surface area (Å²) in [5.74, 6) is -0.131. The van der Waals surface area contributed by atoms with Crippen molar-refractivity contribution in [1.29, 1.82) is 0 Å². The second kappa shape index (κ2) is 5.50. The van der Waals surface area contributed by atoms with E-state index in [-0.39, 0.29) is 22.7 Å². The molecule has 6 nitrogen and oxygen atoms in total. The van der Waals surface area contributed by atoms with Crippen LogP contribution in [0.4, 0.5) is 5.69 Å². The average molecular weight is 252 g/mol. The largest absolute Gasteiger partial charge is 0.504 e. The summed E-state index contributed by atoms with van der Waals surface area (Å²) in [5, 5.41) is 20.7. The number of phenols is 1. The molecule has 0 radical (unpaired) electrons. The summed E-state index contributed by atoms with van der Waals surface area (Å²) in [7, 11) is 1.33. The maximum absolute atomic E-state index is 10.8. The lowest BCUT2D eigenvalue weighted by Gasteiger charge is -2.15. The molecule has 1 aromatic carbocycles. The number of hydrogen-bond donors (Lipinski definition) is 2. The molecule has 1 rings (SSSR count). The van der Waals surface area contributed by atoms with E-state index in [0.29, 0.717) is 6.42 Å². The third-order valence-corrected chi connectivity index (χ3v) is 2.49. The highest BCUT2D eigenvalue weighted by atomic mass is 16.6. The van der Waals surface area contributed by atoms with Crippen LogP contribution in [0.25, 0.3) is 0 Å². The Morgan fingerprint density at radius 3 is 2.72 bits per heavy atom. The van der Waals surface area contributed by atoms with Crippen molar-refractivity contribution in [1.82, 2.24) is 0 Å². The molecule has 0 heterocycles. The van der Waals surface area contributed by atoms with Crippen molar-refractivity contribution in [3.05, 3.63) is 40.0 Å². The van der Waals surface area contributed by atoms with E-state index >= 15 is 0 Å². The van der Waals surface area contributed by atoms with Crippen LogP contribution in [0.3, 0.4) is 0 Å². The highest BCUT2D eigenvalue weighted by molar-refractivity contribution is 5.54. The van der Waals surface area contributed by atoms with Gasteiger partial charge in [-0.2, -0.15) is 0 Å². The number of phenolic OH excluding ortho intramolecular Hbond substituents is 1. The highest BCUT2D eigenvalue weighted by Crippen LogP contribution is 2.38. The Morgan fingerprint density at radius 2 is 2.28 bits per heavy atom. The summed E-state index contributed by atoms with van der Waals surface area (Å²) in [6.07, 6.45) is 0.428. The normalized spacial score (nSPS) is 11.9. The number of nitrogens with two attached hydrogens (primary N) is 1. The number of methoxy groups -OCH3 is 1. The van der Waals surface area contributed by atoms with Gasteiger partial charge in [-0.1, -0.05) is 5.57 Å². The molecule has 0 amide bonds. The van der Waals surface area contributed by atoms with Gasteiger partial charge in [-0.15, -0.1) is 6.58 Å².